The zero-order valence-electron chi connectivity index (χ0n) is 11.7. The van der Waals surface area contributed by atoms with Gasteiger partial charge in [0.15, 0.2) is 0 Å². The van der Waals surface area contributed by atoms with E-state index in [0.717, 1.165) is 31.2 Å². The summed E-state index contributed by atoms with van der Waals surface area (Å²) in [5.41, 5.74) is 0.473. The van der Waals surface area contributed by atoms with Gasteiger partial charge in [-0.25, -0.2) is 4.39 Å². The Labute approximate surface area is 114 Å². The van der Waals surface area contributed by atoms with Gasteiger partial charge in [0.25, 0.3) is 0 Å². The van der Waals surface area contributed by atoms with E-state index in [2.05, 4.69) is 5.32 Å². The molecule has 1 aliphatic rings. The van der Waals surface area contributed by atoms with Crippen molar-refractivity contribution in [2.24, 2.45) is 5.92 Å². The molecule has 0 atom stereocenters. The second-order valence-corrected chi connectivity index (χ2v) is 5.96. The lowest BCUT2D eigenvalue weighted by Crippen LogP contribution is -2.44. The molecule has 104 valence electrons. The largest absolute Gasteiger partial charge is 0.347 e. The van der Waals surface area contributed by atoms with Crippen LogP contribution in [0.15, 0.2) is 24.3 Å². The summed E-state index contributed by atoms with van der Waals surface area (Å²) in [4.78, 5) is 12.3. The van der Waals surface area contributed by atoms with Crippen molar-refractivity contribution in [1.82, 2.24) is 5.32 Å². The third kappa shape index (κ3) is 3.55. The molecule has 0 aromatic heterocycles. The van der Waals surface area contributed by atoms with Crippen LogP contribution in [0.1, 0.15) is 51.5 Å². The molecule has 1 fully saturated rings. The van der Waals surface area contributed by atoms with E-state index in [9.17, 15) is 9.18 Å². The van der Waals surface area contributed by atoms with Gasteiger partial charge < -0.3 is 5.32 Å². The second kappa shape index (κ2) is 5.72. The van der Waals surface area contributed by atoms with E-state index in [1.54, 1.807) is 12.1 Å². The normalized spacial score (nSPS) is 17.2. The van der Waals surface area contributed by atoms with Crippen LogP contribution in [0, 0.1) is 11.7 Å². The molecule has 0 radical (unpaired) electrons. The van der Waals surface area contributed by atoms with Crippen LogP contribution in [0.4, 0.5) is 4.39 Å². The molecule has 1 saturated carbocycles. The van der Waals surface area contributed by atoms with E-state index in [4.69, 9.17) is 0 Å². The Bertz CT molecular complexity index is 433. The number of halogens is 1. The fourth-order valence-corrected chi connectivity index (χ4v) is 2.71. The maximum absolute atomic E-state index is 12.9. The summed E-state index contributed by atoms with van der Waals surface area (Å²) < 4.78 is 12.9. The molecular formula is C16H22FNO. The molecule has 0 bridgehead atoms. The Balaban J connectivity index is 2.03. The first-order valence-corrected chi connectivity index (χ1v) is 7.07. The molecule has 0 heterocycles. The molecule has 1 aromatic rings. The molecule has 1 aromatic carbocycles. The number of rotatable bonds is 3. The van der Waals surface area contributed by atoms with Gasteiger partial charge in [0.2, 0.25) is 5.91 Å². The second-order valence-electron chi connectivity index (χ2n) is 5.96. The summed E-state index contributed by atoms with van der Waals surface area (Å²) in [5.74, 6) is 0.0284. The maximum atomic E-state index is 12.9. The van der Waals surface area contributed by atoms with Gasteiger partial charge >= 0.3 is 0 Å². The summed E-state index contributed by atoms with van der Waals surface area (Å²) in [7, 11) is 0. The highest BCUT2D eigenvalue weighted by molar-refractivity contribution is 5.79. The molecule has 19 heavy (non-hydrogen) atoms. The van der Waals surface area contributed by atoms with E-state index in [0.29, 0.717) is 0 Å². The molecule has 1 amide bonds. The average molecular weight is 263 g/mol. The minimum atomic E-state index is -0.456. The highest BCUT2D eigenvalue weighted by Crippen LogP contribution is 2.26. The van der Waals surface area contributed by atoms with Crippen molar-refractivity contribution in [3.63, 3.8) is 0 Å². The zero-order valence-corrected chi connectivity index (χ0v) is 11.7. The van der Waals surface area contributed by atoms with Crippen molar-refractivity contribution in [3.8, 4) is 0 Å². The van der Waals surface area contributed by atoms with E-state index >= 15 is 0 Å². The highest BCUT2D eigenvalue weighted by atomic mass is 19.1. The summed E-state index contributed by atoms with van der Waals surface area (Å²) in [6, 6.07) is 6.33. The number of carbonyl (C=O) groups is 1. The van der Waals surface area contributed by atoms with Crippen LogP contribution in [-0.2, 0) is 10.3 Å². The number of benzene rings is 1. The molecule has 3 heteroatoms. The van der Waals surface area contributed by atoms with E-state index in [1.165, 1.54) is 18.6 Å². The van der Waals surface area contributed by atoms with Gasteiger partial charge in [-0.05, 0) is 44.4 Å². The lowest BCUT2D eigenvalue weighted by Gasteiger charge is -2.30. The minimum absolute atomic E-state index is 0.133. The predicted octanol–water partition coefficient (Wildman–Crippen LogP) is 3.76. The monoisotopic (exact) mass is 263 g/mol. The maximum Gasteiger partial charge on any atom is 0.223 e. The molecule has 2 nitrogen and oxygen atoms in total. The SMILES string of the molecule is CC(C)(NC(=O)C1CCCCC1)c1ccc(F)cc1. The van der Waals surface area contributed by atoms with Gasteiger partial charge in [-0.2, -0.15) is 0 Å². The average Bonchev–Trinajstić information content (AvgIpc) is 2.40. The molecule has 0 saturated heterocycles. The quantitative estimate of drug-likeness (QED) is 0.884. The van der Waals surface area contributed by atoms with Crippen LogP contribution in [0.5, 0.6) is 0 Å². The molecule has 0 spiro atoms. The fraction of sp³-hybridized carbons (Fsp3) is 0.562. The van der Waals surface area contributed by atoms with Crippen LogP contribution < -0.4 is 5.32 Å². The van der Waals surface area contributed by atoms with Gasteiger partial charge in [-0.15, -0.1) is 0 Å². The van der Waals surface area contributed by atoms with Crippen molar-refractivity contribution >= 4 is 5.91 Å². The van der Waals surface area contributed by atoms with Gasteiger partial charge in [0.05, 0.1) is 5.54 Å². The molecule has 1 aliphatic carbocycles. The van der Waals surface area contributed by atoms with Gasteiger partial charge in [0.1, 0.15) is 5.82 Å². The van der Waals surface area contributed by atoms with E-state index in [-0.39, 0.29) is 17.6 Å². The Hall–Kier alpha value is -1.38. The van der Waals surface area contributed by atoms with Crippen LogP contribution in [-0.4, -0.2) is 5.91 Å². The van der Waals surface area contributed by atoms with E-state index < -0.39 is 5.54 Å². The molecule has 0 aliphatic heterocycles. The number of amides is 1. The zero-order chi connectivity index (χ0) is 13.9. The van der Waals surface area contributed by atoms with Crippen LogP contribution in [0.25, 0.3) is 0 Å². The smallest absolute Gasteiger partial charge is 0.223 e. The molecule has 0 unspecified atom stereocenters. The Morgan fingerprint density at radius 3 is 2.32 bits per heavy atom. The summed E-state index contributed by atoms with van der Waals surface area (Å²) >= 11 is 0. The number of nitrogens with one attached hydrogen (secondary N) is 1. The number of hydrogen-bond donors (Lipinski definition) is 1. The summed E-state index contributed by atoms with van der Waals surface area (Å²) in [5, 5.41) is 3.10. The van der Waals surface area contributed by atoms with E-state index in [1.807, 2.05) is 13.8 Å². The van der Waals surface area contributed by atoms with Crippen LogP contribution in [0.2, 0.25) is 0 Å². The number of hydrogen-bond acceptors (Lipinski definition) is 1. The van der Waals surface area contributed by atoms with Gasteiger partial charge in [0, 0.05) is 5.92 Å². The molecule has 2 rings (SSSR count). The fourth-order valence-electron chi connectivity index (χ4n) is 2.71. The van der Waals surface area contributed by atoms with Gasteiger partial charge in [-0.1, -0.05) is 31.4 Å². The number of carbonyl (C=O) groups excluding carboxylic acids is 1. The standard InChI is InChI=1S/C16H22FNO/c1-16(2,13-8-10-14(17)11-9-13)18-15(19)12-6-4-3-5-7-12/h8-12H,3-7H2,1-2H3,(H,18,19). The van der Waals surface area contributed by atoms with Crippen LogP contribution in [0.3, 0.4) is 0 Å². The lowest BCUT2D eigenvalue weighted by atomic mass is 9.87. The molecule has 1 N–H and O–H groups in total. The third-order valence-electron chi connectivity index (χ3n) is 3.98. The predicted molar refractivity (Wildman–Crippen MR) is 74.1 cm³/mol. The van der Waals surface area contributed by atoms with Crippen LogP contribution >= 0.6 is 0 Å². The van der Waals surface area contributed by atoms with Gasteiger partial charge in [-0.3, -0.25) is 4.79 Å². The topological polar surface area (TPSA) is 29.1 Å². The third-order valence-corrected chi connectivity index (χ3v) is 3.98. The van der Waals surface area contributed by atoms with Crippen molar-refractivity contribution < 1.29 is 9.18 Å². The first-order valence-electron chi connectivity index (χ1n) is 7.07. The molecular weight excluding hydrogens is 241 g/mol. The van der Waals surface area contributed by atoms with Crippen molar-refractivity contribution in [3.05, 3.63) is 35.6 Å². The van der Waals surface area contributed by atoms with Crippen molar-refractivity contribution in [2.45, 2.75) is 51.5 Å². The Morgan fingerprint density at radius 1 is 1.16 bits per heavy atom. The Morgan fingerprint density at radius 2 is 1.74 bits per heavy atom. The summed E-state index contributed by atoms with van der Waals surface area (Å²) in [6.45, 7) is 3.92. The lowest BCUT2D eigenvalue weighted by molar-refractivity contribution is -0.127. The Kier molecular flexibility index (Phi) is 4.23. The first kappa shape index (κ1) is 14.0. The summed E-state index contributed by atoms with van der Waals surface area (Å²) in [6.07, 6.45) is 5.52. The van der Waals surface area contributed by atoms with Crippen molar-refractivity contribution in [1.29, 1.82) is 0 Å². The first-order chi connectivity index (χ1) is 8.99. The van der Waals surface area contributed by atoms with Crippen molar-refractivity contribution in [2.75, 3.05) is 0 Å². The highest BCUT2D eigenvalue weighted by Gasteiger charge is 2.28. The minimum Gasteiger partial charge on any atom is -0.347 e.